The zero-order valence-corrected chi connectivity index (χ0v) is 21.2. The molecule has 0 aliphatic carbocycles. The van der Waals surface area contributed by atoms with E-state index in [1.54, 1.807) is 7.11 Å². The van der Waals surface area contributed by atoms with Crippen LogP contribution in [0.15, 0.2) is 40.8 Å². The molecule has 1 aromatic heterocycles. The quantitative estimate of drug-likeness (QED) is 0.560. The molecule has 0 unspecified atom stereocenters. The van der Waals surface area contributed by atoms with Crippen LogP contribution in [-0.4, -0.2) is 96.3 Å². The smallest absolute Gasteiger partial charge is 0.419 e. The summed E-state index contributed by atoms with van der Waals surface area (Å²) in [5, 5.41) is 2.71. The van der Waals surface area contributed by atoms with Gasteiger partial charge in [0.05, 0.1) is 44.9 Å². The Labute approximate surface area is 215 Å². The molecule has 3 aliphatic rings. The van der Waals surface area contributed by atoms with Crippen LogP contribution in [0.4, 0.5) is 10.5 Å². The van der Waals surface area contributed by atoms with E-state index in [0.717, 1.165) is 31.6 Å². The Morgan fingerprint density at radius 2 is 1.97 bits per heavy atom. The number of fused-ring (bicyclic) bond motifs is 3. The molecule has 0 radical (unpaired) electrons. The number of aliphatic imine (C=N–C) groups is 2. The van der Waals surface area contributed by atoms with Crippen molar-refractivity contribution in [2.75, 3.05) is 46.4 Å². The number of carbonyl (C=O) groups is 1. The molecule has 3 aliphatic heterocycles. The minimum absolute atomic E-state index is 0.224. The first-order valence-corrected chi connectivity index (χ1v) is 12.4. The second kappa shape index (κ2) is 11.1. The minimum atomic E-state index is -0.707. The van der Waals surface area contributed by atoms with Gasteiger partial charge in [-0.05, 0) is 32.4 Å². The molecular formula is C25H31N7O5. The number of amides is 1. The topological polar surface area (TPSA) is 123 Å². The monoisotopic (exact) mass is 509 g/mol. The first-order chi connectivity index (χ1) is 18.0. The van der Waals surface area contributed by atoms with Crippen molar-refractivity contribution in [3.63, 3.8) is 0 Å². The van der Waals surface area contributed by atoms with Crippen LogP contribution < -0.4 is 19.5 Å². The predicted octanol–water partition coefficient (Wildman–Crippen LogP) is 2.22. The molecular weight excluding hydrogens is 478 g/mol. The zero-order valence-electron chi connectivity index (χ0n) is 21.2. The normalized spacial score (nSPS) is 20.9. The summed E-state index contributed by atoms with van der Waals surface area (Å²) in [6.45, 7) is 8.68. The van der Waals surface area contributed by atoms with Crippen molar-refractivity contribution < 1.29 is 23.7 Å². The Bertz CT molecular complexity index is 1180. The van der Waals surface area contributed by atoms with Crippen LogP contribution in [0.3, 0.4) is 0 Å². The third-order valence-corrected chi connectivity index (χ3v) is 6.19. The molecule has 0 spiro atoms. The van der Waals surface area contributed by atoms with Crippen molar-refractivity contribution in [1.82, 2.24) is 25.1 Å². The average molecular weight is 510 g/mol. The van der Waals surface area contributed by atoms with Crippen molar-refractivity contribution >= 4 is 23.6 Å². The van der Waals surface area contributed by atoms with Crippen molar-refractivity contribution in [3.8, 4) is 17.2 Å². The third kappa shape index (κ3) is 5.65. The van der Waals surface area contributed by atoms with Gasteiger partial charge < -0.3 is 18.9 Å². The molecule has 0 saturated carbocycles. The first-order valence-electron chi connectivity index (χ1n) is 12.4. The van der Waals surface area contributed by atoms with Crippen LogP contribution in [0.2, 0.25) is 0 Å². The summed E-state index contributed by atoms with van der Waals surface area (Å²) in [6, 6.07) is 3.81. The molecule has 37 heavy (non-hydrogen) atoms. The van der Waals surface area contributed by atoms with Gasteiger partial charge >= 0.3 is 6.09 Å². The summed E-state index contributed by atoms with van der Waals surface area (Å²) < 4.78 is 22.9. The Kier molecular flexibility index (Phi) is 7.47. The summed E-state index contributed by atoms with van der Waals surface area (Å²) in [5.41, 5.74) is 1.36. The van der Waals surface area contributed by atoms with E-state index in [-0.39, 0.29) is 18.0 Å². The highest BCUT2D eigenvalue weighted by molar-refractivity contribution is 6.18. The third-order valence-electron chi connectivity index (χ3n) is 6.19. The van der Waals surface area contributed by atoms with Crippen molar-refractivity contribution in [3.05, 3.63) is 36.4 Å². The molecule has 2 atom stereocenters. The van der Waals surface area contributed by atoms with E-state index in [2.05, 4.69) is 39.0 Å². The second-order valence-corrected chi connectivity index (χ2v) is 9.09. The van der Waals surface area contributed by atoms with Crippen LogP contribution >= 0.6 is 0 Å². The number of hydrogen-bond donors (Lipinski definition) is 1. The number of nitrogens with one attached hydrogen (secondary N) is 1. The van der Waals surface area contributed by atoms with Crippen LogP contribution in [0.5, 0.6) is 17.2 Å². The van der Waals surface area contributed by atoms with Crippen molar-refractivity contribution in [2.45, 2.75) is 32.5 Å². The van der Waals surface area contributed by atoms with Gasteiger partial charge in [-0.15, -0.1) is 0 Å². The number of benzene rings is 1. The van der Waals surface area contributed by atoms with Gasteiger partial charge in [0.2, 0.25) is 5.96 Å². The number of ether oxygens (including phenoxy) is 4. The van der Waals surface area contributed by atoms with Crippen LogP contribution in [0.1, 0.15) is 25.8 Å². The maximum absolute atomic E-state index is 12.5. The van der Waals surface area contributed by atoms with Gasteiger partial charge in [-0.1, -0.05) is 0 Å². The highest BCUT2D eigenvalue weighted by Gasteiger charge is 2.33. The van der Waals surface area contributed by atoms with Crippen molar-refractivity contribution in [2.24, 2.45) is 9.98 Å². The van der Waals surface area contributed by atoms with Crippen LogP contribution in [0.25, 0.3) is 0 Å². The van der Waals surface area contributed by atoms with E-state index in [0.29, 0.717) is 48.7 Å². The first kappa shape index (κ1) is 24.9. The number of amidine groups is 1. The summed E-state index contributed by atoms with van der Waals surface area (Å²) >= 11 is 0. The number of carbonyl (C=O) groups excluding carboxylic acids is 1. The van der Waals surface area contributed by atoms with E-state index in [9.17, 15) is 4.79 Å². The molecule has 1 amide bonds. The number of hydrogen-bond acceptors (Lipinski definition) is 11. The van der Waals surface area contributed by atoms with Gasteiger partial charge in [-0.25, -0.2) is 19.8 Å². The summed E-state index contributed by atoms with van der Waals surface area (Å²) in [5.74, 6) is 2.32. The molecule has 0 bridgehead atoms. The molecule has 1 saturated heterocycles. The van der Waals surface area contributed by atoms with E-state index >= 15 is 0 Å². The van der Waals surface area contributed by atoms with Gasteiger partial charge in [0.25, 0.3) is 0 Å². The standard InChI is InChI=1S/C25H31N7O5/c1-16-13-31(14-17(2)36-16)8-4-10-35-20-6-5-19-21(22(20)34-3)29-24(32-9-7-28-23(19)32)30-25(33)37-18-11-26-15-27-12-18/h5-6,11-12,15-17H,4,7-10,13-14H2,1-3H3,(H,29,30,33)/t16-,17+. The zero-order chi connectivity index (χ0) is 25.8. The lowest BCUT2D eigenvalue weighted by atomic mass is 10.1. The lowest BCUT2D eigenvalue weighted by Gasteiger charge is -2.35. The van der Waals surface area contributed by atoms with Gasteiger partial charge in [-0.3, -0.25) is 20.1 Å². The molecule has 1 aromatic carbocycles. The second-order valence-electron chi connectivity index (χ2n) is 9.09. The lowest BCUT2D eigenvalue weighted by molar-refractivity contribution is -0.0686. The SMILES string of the molecule is COc1c(OCCCN2C[C@@H](C)O[C@@H](C)C2)ccc2c1N=C(NC(=O)Oc1cncnc1)N1CCN=C21. The van der Waals surface area contributed by atoms with E-state index in [1.807, 2.05) is 17.0 Å². The molecule has 2 aromatic rings. The van der Waals surface area contributed by atoms with Crippen LogP contribution in [0, 0.1) is 0 Å². The molecule has 1 N–H and O–H groups in total. The predicted molar refractivity (Wildman–Crippen MR) is 136 cm³/mol. The van der Waals surface area contributed by atoms with Gasteiger partial charge in [-0.2, -0.15) is 0 Å². The van der Waals surface area contributed by atoms with Gasteiger partial charge in [0, 0.05) is 31.7 Å². The van der Waals surface area contributed by atoms with E-state index in [4.69, 9.17) is 23.9 Å². The molecule has 196 valence electrons. The molecule has 12 heteroatoms. The maximum atomic E-state index is 12.5. The largest absolute Gasteiger partial charge is 0.491 e. The Hall–Kier alpha value is -3.77. The summed E-state index contributed by atoms with van der Waals surface area (Å²) in [7, 11) is 1.58. The molecule has 12 nitrogen and oxygen atoms in total. The summed E-state index contributed by atoms with van der Waals surface area (Å²) in [6.07, 6.45) is 4.80. The number of nitrogens with zero attached hydrogens (tertiary/aromatic N) is 6. The fourth-order valence-electron chi connectivity index (χ4n) is 4.80. The molecule has 4 heterocycles. The number of morpholine rings is 1. The maximum Gasteiger partial charge on any atom is 0.419 e. The van der Waals surface area contributed by atoms with Crippen molar-refractivity contribution in [1.29, 1.82) is 0 Å². The highest BCUT2D eigenvalue weighted by Crippen LogP contribution is 2.43. The number of methoxy groups -OCH3 is 1. The highest BCUT2D eigenvalue weighted by atomic mass is 16.6. The minimum Gasteiger partial charge on any atom is -0.491 e. The van der Waals surface area contributed by atoms with E-state index < -0.39 is 6.09 Å². The molecule has 5 rings (SSSR count). The fourth-order valence-corrected chi connectivity index (χ4v) is 4.80. The Balaban J connectivity index is 1.29. The lowest BCUT2D eigenvalue weighted by Crippen LogP contribution is -2.48. The Morgan fingerprint density at radius 3 is 2.73 bits per heavy atom. The van der Waals surface area contributed by atoms with Crippen LogP contribution in [-0.2, 0) is 4.74 Å². The average Bonchev–Trinajstić information content (AvgIpc) is 3.37. The number of guanidine groups is 1. The van der Waals surface area contributed by atoms with Gasteiger partial charge in [0.15, 0.2) is 17.2 Å². The number of rotatable bonds is 7. The summed E-state index contributed by atoms with van der Waals surface area (Å²) in [4.78, 5) is 33.8. The molecule has 1 fully saturated rings. The van der Waals surface area contributed by atoms with E-state index in [1.165, 1.54) is 18.7 Å². The van der Waals surface area contributed by atoms with Gasteiger partial charge in [0.1, 0.15) is 17.9 Å². The fraction of sp³-hybridized carbons (Fsp3) is 0.480. The number of aromatic nitrogens is 2. The Morgan fingerprint density at radius 1 is 1.19 bits per heavy atom.